The van der Waals surface area contributed by atoms with E-state index in [2.05, 4.69) is 10.1 Å². The minimum absolute atomic E-state index is 0.00775. The molecular formula is C21H24N4O4S2. The standard InChI is InChI=1S/C21H24N4O4S2/c1-31(27,28)29-16-10-7-15(8-11-16)13-17-19(22)25-21(23-20(17)26)30-18(24-25)12-9-14-5-3-2-4-6-14/h7-8,10-11,13-14,22H,2-6,9,12H2,1H3. The first-order valence-corrected chi connectivity index (χ1v) is 12.9. The Balaban J connectivity index is 1.46. The molecule has 1 aliphatic carbocycles. The average Bonchev–Trinajstić information content (AvgIpc) is 3.13. The SMILES string of the molecule is CS(=O)(=O)Oc1ccc(C=C2C(=N)N3N=C(CCC4CCCCC4)SC3=NC2=O)cc1. The molecule has 164 valence electrons. The maximum absolute atomic E-state index is 12.5. The second-order valence-electron chi connectivity index (χ2n) is 7.91. The number of carbonyl (C=O) groups is 1. The Morgan fingerprint density at radius 3 is 2.61 bits per heavy atom. The van der Waals surface area contributed by atoms with Crippen molar-refractivity contribution in [1.29, 1.82) is 5.41 Å². The summed E-state index contributed by atoms with van der Waals surface area (Å²) in [5.41, 5.74) is 0.763. The molecule has 0 spiro atoms. The molecule has 2 aliphatic heterocycles. The highest BCUT2D eigenvalue weighted by molar-refractivity contribution is 8.26. The van der Waals surface area contributed by atoms with Crippen molar-refractivity contribution in [3.8, 4) is 5.75 Å². The van der Waals surface area contributed by atoms with Crippen molar-refractivity contribution in [1.82, 2.24) is 5.01 Å². The number of carbonyl (C=O) groups excluding carboxylic acids is 1. The maximum atomic E-state index is 12.5. The number of hydrazone groups is 1. The van der Waals surface area contributed by atoms with Gasteiger partial charge in [0.05, 0.1) is 11.8 Å². The molecule has 1 N–H and O–H groups in total. The van der Waals surface area contributed by atoms with E-state index in [-0.39, 0.29) is 17.2 Å². The minimum Gasteiger partial charge on any atom is -0.383 e. The number of aliphatic imine (C=N–C) groups is 1. The Kier molecular flexibility index (Phi) is 6.29. The Morgan fingerprint density at radius 1 is 1.23 bits per heavy atom. The predicted molar refractivity (Wildman–Crippen MR) is 123 cm³/mol. The molecule has 31 heavy (non-hydrogen) atoms. The number of thioether (sulfide) groups is 1. The number of nitrogens with one attached hydrogen (secondary N) is 1. The van der Waals surface area contributed by atoms with Crippen molar-refractivity contribution in [2.45, 2.75) is 44.9 Å². The lowest BCUT2D eigenvalue weighted by Gasteiger charge is -2.20. The number of nitrogens with zero attached hydrogens (tertiary/aromatic N) is 3. The molecular weight excluding hydrogens is 436 g/mol. The molecule has 4 rings (SSSR count). The first-order chi connectivity index (χ1) is 14.8. The Bertz CT molecular complexity index is 1080. The molecule has 0 radical (unpaired) electrons. The lowest BCUT2D eigenvalue weighted by Crippen LogP contribution is -2.35. The summed E-state index contributed by atoms with van der Waals surface area (Å²) in [6.45, 7) is 0. The third kappa shape index (κ3) is 5.43. The van der Waals surface area contributed by atoms with E-state index in [1.54, 1.807) is 18.2 Å². The number of fused-ring (bicyclic) bond motifs is 1. The van der Waals surface area contributed by atoms with Gasteiger partial charge in [-0.05, 0) is 54.3 Å². The summed E-state index contributed by atoms with van der Waals surface area (Å²) >= 11 is 1.37. The van der Waals surface area contributed by atoms with Crippen LogP contribution in [0, 0.1) is 11.3 Å². The minimum atomic E-state index is -3.61. The zero-order valence-electron chi connectivity index (χ0n) is 17.2. The van der Waals surface area contributed by atoms with E-state index in [1.807, 2.05) is 0 Å². The Labute approximate surface area is 186 Å². The summed E-state index contributed by atoms with van der Waals surface area (Å²) in [4.78, 5) is 16.6. The van der Waals surface area contributed by atoms with Gasteiger partial charge >= 0.3 is 10.1 Å². The fourth-order valence-corrected chi connectivity index (χ4v) is 5.26. The summed E-state index contributed by atoms with van der Waals surface area (Å²) in [6.07, 6.45) is 10.9. The topological polar surface area (TPSA) is 112 Å². The number of amides is 1. The van der Waals surface area contributed by atoms with Gasteiger partial charge in [0.2, 0.25) is 5.17 Å². The molecule has 3 aliphatic rings. The monoisotopic (exact) mass is 460 g/mol. The first kappa shape index (κ1) is 21.8. The third-order valence-electron chi connectivity index (χ3n) is 5.43. The van der Waals surface area contributed by atoms with Crippen LogP contribution >= 0.6 is 11.8 Å². The zero-order chi connectivity index (χ0) is 22.0. The highest BCUT2D eigenvalue weighted by Gasteiger charge is 2.35. The van der Waals surface area contributed by atoms with Crippen molar-refractivity contribution in [2.75, 3.05) is 6.26 Å². The van der Waals surface area contributed by atoms with Crippen LogP contribution in [0.2, 0.25) is 0 Å². The molecule has 1 saturated carbocycles. The van der Waals surface area contributed by atoms with Gasteiger partial charge in [-0.15, -0.1) is 0 Å². The van der Waals surface area contributed by atoms with Gasteiger partial charge in [-0.25, -0.2) is 0 Å². The maximum Gasteiger partial charge on any atom is 0.306 e. The van der Waals surface area contributed by atoms with E-state index in [1.165, 1.54) is 61.0 Å². The highest BCUT2D eigenvalue weighted by Crippen LogP contribution is 2.33. The van der Waals surface area contributed by atoms with Crippen molar-refractivity contribution in [2.24, 2.45) is 16.0 Å². The van der Waals surface area contributed by atoms with Gasteiger partial charge in [-0.1, -0.05) is 44.2 Å². The molecule has 0 aromatic heterocycles. The van der Waals surface area contributed by atoms with Gasteiger partial charge < -0.3 is 4.18 Å². The van der Waals surface area contributed by atoms with Gasteiger partial charge in [0.1, 0.15) is 10.8 Å². The molecule has 0 atom stereocenters. The van der Waals surface area contributed by atoms with Gasteiger partial charge in [-0.2, -0.15) is 23.5 Å². The molecule has 0 unspecified atom stereocenters. The normalized spacial score (nSPS) is 21.2. The molecule has 0 bridgehead atoms. The van der Waals surface area contributed by atoms with Crippen LogP contribution in [-0.4, -0.2) is 41.6 Å². The molecule has 2 heterocycles. The van der Waals surface area contributed by atoms with Crippen molar-refractivity contribution in [3.63, 3.8) is 0 Å². The molecule has 8 nitrogen and oxygen atoms in total. The fraction of sp³-hybridized carbons (Fsp3) is 0.429. The number of benzene rings is 1. The second-order valence-corrected chi connectivity index (χ2v) is 10.5. The summed E-state index contributed by atoms with van der Waals surface area (Å²) in [6, 6.07) is 6.22. The summed E-state index contributed by atoms with van der Waals surface area (Å²) < 4.78 is 27.2. The van der Waals surface area contributed by atoms with Crippen LogP contribution in [-0.2, 0) is 14.9 Å². The number of rotatable bonds is 6. The van der Waals surface area contributed by atoms with Crippen LogP contribution in [0.3, 0.4) is 0 Å². The number of amidine groups is 2. The number of hydrogen-bond acceptors (Lipinski definition) is 7. The van der Waals surface area contributed by atoms with E-state index in [0.717, 1.165) is 30.1 Å². The lowest BCUT2D eigenvalue weighted by atomic mass is 9.86. The molecule has 1 aromatic carbocycles. The quantitative estimate of drug-likeness (QED) is 0.507. The van der Waals surface area contributed by atoms with Crippen molar-refractivity contribution < 1.29 is 17.4 Å². The van der Waals surface area contributed by atoms with E-state index >= 15 is 0 Å². The van der Waals surface area contributed by atoms with Gasteiger partial charge in [0.15, 0.2) is 5.84 Å². The Morgan fingerprint density at radius 2 is 1.94 bits per heavy atom. The largest absolute Gasteiger partial charge is 0.383 e. The number of hydrogen-bond donors (Lipinski definition) is 1. The third-order valence-corrected chi connectivity index (χ3v) is 6.89. The van der Waals surface area contributed by atoms with E-state index < -0.39 is 16.0 Å². The van der Waals surface area contributed by atoms with Gasteiger partial charge in [0.25, 0.3) is 5.91 Å². The van der Waals surface area contributed by atoms with Crippen LogP contribution in [0.5, 0.6) is 5.75 Å². The van der Waals surface area contributed by atoms with Gasteiger partial charge in [-0.3, -0.25) is 10.2 Å². The van der Waals surface area contributed by atoms with Gasteiger partial charge in [0, 0.05) is 0 Å². The van der Waals surface area contributed by atoms with E-state index in [9.17, 15) is 13.2 Å². The first-order valence-electron chi connectivity index (χ1n) is 10.3. The Hall–Kier alpha value is -2.46. The van der Waals surface area contributed by atoms with Crippen LogP contribution < -0.4 is 4.18 Å². The summed E-state index contributed by atoms with van der Waals surface area (Å²) in [7, 11) is -3.61. The predicted octanol–water partition coefficient (Wildman–Crippen LogP) is 4.00. The molecule has 0 saturated heterocycles. The van der Waals surface area contributed by atoms with Crippen LogP contribution in [0.25, 0.3) is 6.08 Å². The van der Waals surface area contributed by atoms with Crippen LogP contribution in [0.15, 0.2) is 39.9 Å². The van der Waals surface area contributed by atoms with E-state index in [0.29, 0.717) is 10.7 Å². The smallest absolute Gasteiger partial charge is 0.306 e. The van der Waals surface area contributed by atoms with Crippen molar-refractivity contribution >= 4 is 49.9 Å². The molecule has 1 fully saturated rings. The summed E-state index contributed by atoms with van der Waals surface area (Å²) in [5, 5.41) is 15.7. The van der Waals surface area contributed by atoms with E-state index in [4.69, 9.17) is 9.59 Å². The second kappa shape index (κ2) is 8.96. The molecule has 1 amide bonds. The summed E-state index contributed by atoms with van der Waals surface area (Å²) in [5.74, 6) is 0.427. The highest BCUT2D eigenvalue weighted by atomic mass is 32.2. The van der Waals surface area contributed by atoms with Crippen LogP contribution in [0.4, 0.5) is 0 Å². The average molecular weight is 461 g/mol. The molecule has 10 heteroatoms. The fourth-order valence-electron chi connectivity index (χ4n) is 3.90. The lowest BCUT2D eigenvalue weighted by molar-refractivity contribution is -0.114. The van der Waals surface area contributed by atoms with Crippen LogP contribution in [0.1, 0.15) is 50.5 Å². The molecule has 1 aromatic rings. The van der Waals surface area contributed by atoms with Crippen molar-refractivity contribution in [3.05, 3.63) is 35.4 Å². The zero-order valence-corrected chi connectivity index (χ0v) is 18.8.